The molecule has 3 nitrogen and oxygen atoms in total. The number of nitrogens with one attached hydrogen (secondary N) is 1. The largest absolute Gasteiger partial charge is 0.325 e. The summed E-state index contributed by atoms with van der Waals surface area (Å²) in [7, 11) is 0. The van der Waals surface area contributed by atoms with E-state index >= 15 is 0 Å². The SMILES string of the molecule is CC(C)(C)c1[nH]ncc1CCC1(N)CC1. The second-order valence-electron chi connectivity index (χ2n) is 5.88. The van der Waals surface area contributed by atoms with E-state index in [1.807, 2.05) is 6.20 Å². The van der Waals surface area contributed by atoms with Crippen molar-refractivity contribution in [2.75, 3.05) is 0 Å². The molecule has 0 saturated heterocycles. The van der Waals surface area contributed by atoms with Crippen LogP contribution < -0.4 is 5.73 Å². The molecule has 0 amide bonds. The number of aromatic nitrogens is 2. The number of rotatable bonds is 3. The predicted octanol–water partition coefficient (Wildman–Crippen LogP) is 2.13. The van der Waals surface area contributed by atoms with Gasteiger partial charge in [-0.1, -0.05) is 20.8 Å². The summed E-state index contributed by atoms with van der Waals surface area (Å²) in [5.41, 5.74) is 8.98. The maximum absolute atomic E-state index is 6.09. The van der Waals surface area contributed by atoms with Gasteiger partial charge in [-0.25, -0.2) is 0 Å². The third-order valence-electron chi connectivity index (χ3n) is 3.25. The highest BCUT2D eigenvalue weighted by atomic mass is 15.1. The molecule has 0 spiro atoms. The van der Waals surface area contributed by atoms with Gasteiger partial charge in [-0.3, -0.25) is 5.10 Å². The Balaban J connectivity index is 2.05. The first-order valence-electron chi connectivity index (χ1n) is 5.72. The van der Waals surface area contributed by atoms with Crippen LogP contribution in [0.4, 0.5) is 0 Å². The molecule has 1 fully saturated rings. The van der Waals surface area contributed by atoms with Crippen LogP contribution in [0, 0.1) is 0 Å². The third kappa shape index (κ3) is 2.40. The Bertz CT molecular complexity index is 342. The number of aryl methyl sites for hydroxylation is 1. The molecule has 1 saturated carbocycles. The lowest BCUT2D eigenvalue weighted by atomic mass is 9.88. The van der Waals surface area contributed by atoms with Crippen molar-refractivity contribution in [3.63, 3.8) is 0 Å². The summed E-state index contributed by atoms with van der Waals surface area (Å²) in [4.78, 5) is 0. The van der Waals surface area contributed by atoms with Gasteiger partial charge in [0, 0.05) is 16.6 Å². The van der Waals surface area contributed by atoms with E-state index in [2.05, 4.69) is 31.0 Å². The second-order valence-corrected chi connectivity index (χ2v) is 5.88. The van der Waals surface area contributed by atoms with Crippen molar-refractivity contribution in [3.05, 3.63) is 17.5 Å². The first kappa shape index (κ1) is 10.7. The van der Waals surface area contributed by atoms with Crippen molar-refractivity contribution < 1.29 is 0 Å². The molecule has 1 heterocycles. The smallest absolute Gasteiger partial charge is 0.0522 e. The van der Waals surface area contributed by atoms with Gasteiger partial charge >= 0.3 is 0 Å². The van der Waals surface area contributed by atoms with E-state index < -0.39 is 0 Å². The second kappa shape index (κ2) is 3.34. The van der Waals surface area contributed by atoms with E-state index in [1.165, 1.54) is 24.1 Å². The molecule has 84 valence electrons. The molecule has 0 bridgehead atoms. The van der Waals surface area contributed by atoms with Gasteiger partial charge in [-0.2, -0.15) is 5.10 Å². The minimum Gasteiger partial charge on any atom is -0.325 e. The Labute approximate surface area is 91.4 Å². The molecule has 0 atom stereocenters. The van der Waals surface area contributed by atoms with Crippen molar-refractivity contribution in [2.45, 2.75) is 57.4 Å². The van der Waals surface area contributed by atoms with Crippen LogP contribution >= 0.6 is 0 Å². The summed E-state index contributed by atoms with van der Waals surface area (Å²) in [6, 6.07) is 0. The minimum atomic E-state index is 0.145. The fourth-order valence-corrected chi connectivity index (χ4v) is 1.94. The average Bonchev–Trinajstić information content (AvgIpc) is 2.66. The number of aromatic amines is 1. The highest BCUT2D eigenvalue weighted by Crippen LogP contribution is 2.37. The number of nitrogens with two attached hydrogens (primary N) is 1. The minimum absolute atomic E-state index is 0.145. The van der Waals surface area contributed by atoms with Crippen LogP contribution in [0.1, 0.15) is 51.3 Å². The van der Waals surface area contributed by atoms with Crippen molar-refractivity contribution in [3.8, 4) is 0 Å². The van der Waals surface area contributed by atoms with Crippen LogP contribution in [0.2, 0.25) is 0 Å². The van der Waals surface area contributed by atoms with Crippen LogP contribution in [0.5, 0.6) is 0 Å². The van der Waals surface area contributed by atoms with Crippen LogP contribution in [-0.4, -0.2) is 15.7 Å². The quantitative estimate of drug-likeness (QED) is 0.797. The van der Waals surface area contributed by atoms with Crippen molar-refractivity contribution in [2.24, 2.45) is 5.73 Å². The average molecular weight is 207 g/mol. The van der Waals surface area contributed by atoms with E-state index in [0.29, 0.717) is 0 Å². The lowest BCUT2D eigenvalue weighted by Crippen LogP contribution is -2.23. The summed E-state index contributed by atoms with van der Waals surface area (Å²) < 4.78 is 0. The molecule has 3 N–H and O–H groups in total. The Hall–Kier alpha value is -0.830. The van der Waals surface area contributed by atoms with Gasteiger partial charge in [-0.15, -0.1) is 0 Å². The van der Waals surface area contributed by atoms with Crippen molar-refractivity contribution >= 4 is 0 Å². The highest BCUT2D eigenvalue weighted by molar-refractivity contribution is 5.24. The molecule has 0 radical (unpaired) electrons. The zero-order valence-electron chi connectivity index (χ0n) is 9.93. The lowest BCUT2D eigenvalue weighted by Gasteiger charge is -2.19. The molecule has 3 heteroatoms. The zero-order valence-corrected chi connectivity index (χ0v) is 9.93. The Morgan fingerprint density at radius 2 is 2.13 bits per heavy atom. The predicted molar refractivity (Wildman–Crippen MR) is 61.8 cm³/mol. The van der Waals surface area contributed by atoms with Crippen molar-refractivity contribution in [1.29, 1.82) is 0 Å². The maximum Gasteiger partial charge on any atom is 0.0522 e. The molecular formula is C12H21N3. The molecule has 2 rings (SSSR count). The first-order valence-corrected chi connectivity index (χ1v) is 5.72. The summed E-state index contributed by atoms with van der Waals surface area (Å²) in [5, 5.41) is 7.26. The van der Waals surface area contributed by atoms with Gasteiger partial charge in [0.05, 0.1) is 6.20 Å². The maximum atomic E-state index is 6.09. The molecule has 1 aromatic heterocycles. The van der Waals surface area contributed by atoms with Gasteiger partial charge in [0.2, 0.25) is 0 Å². The molecule has 1 aliphatic rings. The summed E-state index contributed by atoms with van der Waals surface area (Å²) in [6.07, 6.45) is 6.48. The van der Waals surface area contributed by atoms with E-state index in [0.717, 1.165) is 12.8 Å². The number of nitrogens with zero attached hydrogens (tertiary/aromatic N) is 1. The summed E-state index contributed by atoms with van der Waals surface area (Å²) in [5.74, 6) is 0. The summed E-state index contributed by atoms with van der Waals surface area (Å²) >= 11 is 0. The van der Waals surface area contributed by atoms with Gasteiger partial charge in [0.15, 0.2) is 0 Å². The third-order valence-corrected chi connectivity index (χ3v) is 3.25. The standard InChI is InChI=1S/C12H21N3/c1-11(2,3)10-9(8-14-15-10)4-5-12(13)6-7-12/h8H,4-7,13H2,1-3H3,(H,14,15). The molecule has 15 heavy (non-hydrogen) atoms. The molecule has 0 aromatic carbocycles. The molecule has 1 aliphatic carbocycles. The molecule has 1 aromatic rings. The van der Waals surface area contributed by atoms with Gasteiger partial charge in [0.25, 0.3) is 0 Å². The Morgan fingerprint density at radius 3 is 2.67 bits per heavy atom. The van der Waals surface area contributed by atoms with Crippen LogP contribution in [0.15, 0.2) is 6.20 Å². The van der Waals surface area contributed by atoms with E-state index in [1.54, 1.807) is 0 Å². The normalized spacial score (nSPS) is 19.2. The van der Waals surface area contributed by atoms with Crippen LogP contribution in [-0.2, 0) is 11.8 Å². The molecular weight excluding hydrogens is 186 g/mol. The van der Waals surface area contributed by atoms with E-state index in [4.69, 9.17) is 5.73 Å². The topological polar surface area (TPSA) is 54.7 Å². The van der Waals surface area contributed by atoms with E-state index in [-0.39, 0.29) is 11.0 Å². The van der Waals surface area contributed by atoms with Gasteiger partial charge in [0.1, 0.15) is 0 Å². The monoisotopic (exact) mass is 207 g/mol. The van der Waals surface area contributed by atoms with E-state index in [9.17, 15) is 0 Å². The fourth-order valence-electron chi connectivity index (χ4n) is 1.94. The zero-order chi connectivity index (χ0) is 11.1. The molecule has 0 aliphatic heterocycles. The van der Waals surface area contributed by atoms with Crippen molar-refractivity contribution in [1.82, 2.24) is 10.2 Å². The van der Waals surface area contributed by atoms with Crippen LogP contribution in [0.25, 0.3) is 0 Å². The van der Waals surface area contributed by atoms with Gasteiger partial charge in [-0.05, 0) is 31.2 Å². The fraction of sp³-hybridized carbons (Fsp3) is 0.750. The number of hydrogen-bond acceptors (Lipinski definition) is 2. The summed E-state index contributed by atoms with van der Waals surface area (Å²) in [6.45, 7) is 6.62. The van der Waals surface area contributed by atoms with Crippen LogP contribution in [0.3, 0.4) is 0 Å². The number of hydrogen-bond donors (Lipinski definition) is 2. The Morgan fingerprint density at radius 1 is 1.47 bits per heavy atom. The van der Waals surface area contributed by atoms with Gasteiger partial charge < -0.3 is 5.73 Å². The number of H-pyrrole nitrogens is 1. The molecule has 0 unspecified atom stereocenters. The lowest BCUT2D eigenvalue weighted by molar-refractivity contribution is 0.549. The highest BCUT2D eigenvalue weighted by Gasteiger charge is 2.37. The Kier molecular flexibility index (Phi) is 2.38. The first-order chi connectivity index (χ1) is 6.91.